The highest BCUT2D eigenvalue weighted by atomic mass is 16.7. The Hall–Kier alpha value is -0.890. The molecule has 7 nitrogen and oxygen atoms in total. The number of methoxy groups -OCH3 is 1. The van der Waals surface area contributed by atoms with E-state index in [1.54, 1.807) is 27.7 Å². The van der Waals surface area contributed by atoms with Gasteiger partial charge < -0.3 is 29.7 Å². The van der Waals surface area contributed by atoms with Gasteiger partial charge in [-0.2, -0.15) is 0 Å². The lowest BCUT2D eigenvalue weighted by molar-refractivity contribution is -0.263. The molecule has 7 heteroatoms. The summed E-state index contributed by atoms with van der Waals surface area (Å²) in [5.74, 6) is 0. The van der Waals surface area contributed by atoms with Gasteiger partial charge in [0.2, 0.25) is 0 Å². The van der Waals surface area contributed by atoms with Gasteiger partial charge in [0, 0.05) is 7.11 Å². The Morgan fingerprint density at radius 2 is 1.84 bits per heavy atom. The predicted octanol–water partition coefficient (Wildman–Crippen LogP) is -0.00730. The van der Waals surface area contributed by atoms with Gasteiger partial charge in [0.25, 0.3) is 0 Å². The van der Waals surface area contributed by atoms with Gasteiger partial charge in [-0.3, -0.25) is 0 Å². The van der Waals surface area contributed by atoms with E-state index in [1.165, 1.54) is 7.11 Å². The van der Waals surface area contributed by atoms with Gasteiger partial charge in [0.1, 0.15) is 17.8 Å². The highest BCUT2D eigenvalue weighted by Crippen LogP contribution is 2.21. The van der Waals surface area contributed by atoms with E-state index in [-0.39, 0.29) is 0 Å². The molecular formula is C12H23NO6. The van der Waals surface area contributed by atoms with Crippen molar-refractivity contribution in [1.29, 1.82) is 0 Å². The van der Waals surface area contributed by atoms with Crippen LogP contribution in [0.3, 0.4) is 0 Å². The van der Waals surface area contributed by atoms with Crippen LogP contribution in [0.4, 0.5) is 4.79 Å². The van der Waals surface area contributed by atoms with Crippen LogP contribution in [0.2, 0.25) is 0 Å². The van der Waals surface area contributed by atoms with Crippen molar-refractivity contribution in [3.05, 3.63) is 0 Å². The second kappa shape index (κ2) is 6.04. The van der Waals surface area contributed by atoms with Crippen LogP contribution < -0.4 is 5.32 Å². The Morgan fingerprint density at radius 3 is 2.32 bits per heavy atom. The summed E-state index contributed by atoms with van der Waals surface area (Å²) in [5.41, 5.74) is -0.637. The first-order valence-corrected chi connectivity index (χ1v) is 6.19. The van der Waals surface area contributed by atoms with E-state index >= 15 is 0 Å². The van der Waals surface area contributed by atoms with Crippen molar-refractivity contribution >= 4 is 6.09 Å². The van der Waals surface area contributed by atoms with Crippen LogP contribution in [0.1, 0.15) is 27.7 Å². The predicted molar refractivity (Wildman–Crippen MR) is 66.5 cm³/mol. The number of alkyl carbamates (subject to hydrolysis) is 1. The summed E-state index contributed by atoms with van der Waals surface area (Å²) in [4.78, 5) is 11.7. The van der Waals surface area contributed by atoms with E-state index in [4.69, 9.17) is 14.2 Å². The van der Waals surface area contributed by atoms with E-state index < -0.39 is 42.3 Å². The van der Waals surface area contributed by atoms with Gasteiger partial charge in [-0.25, -0.2) is 4.79 Å². The molecule has 1 rings (SSSR count). The number of hydrogen-bond acceptors (Lipinski definition) is 6. The monoisotopic (exact) mass is 277 g/mol. The topological polar surface area (TPSA) is 97.3 Å². The van der Waals surface area contributed by atoms with Crippen molar-refractivity contribution in [1.82, 2.24) is 5.32 Å². The Morgan fingerprint density at radius 1 is 1.26 bits per heavy atom. The van der Waals surface area contributed by atoms with Gasteiger partial charge in [-0.15, -0.1) is 0 Å². The molecule has 5 atom stereocenters. The molecule has 112 valence electrons. The van der Waals surface area contributed by atoms with E-state index in [2.05, 4.69) is 5.32 Å². The Balaban J connectivity index is 2.65. The molecule has 19 heavy (non-hydrogen) atoms. The molecule has 0 aromatic rings. The molecule has 1 fully saturated rings. The van der Waals surface area contributed by atoms with Crippen LogP contribution in [0.5, 0.6) is 0 Å². The maximum absolute atomic E-state index is 11.7. The molecule has 0 aromatic carbocycles. The summed E-state index contributed by atoms with van der Waals surface area (Å²) in [6, 6.07) is -0.767. The number of nitrogens with one attached hydrogen (secondary N) is 1. The van der Waals surface area contributed by atoms with Crippen LogP contribution in [-0.4, -0.2) is 59.7 Å². The minimum Gasteiger partial charge on any atom is -0.444 e. The highest BCUT2D eigenvalue weighted by molar-refractivity contribution is 5.68. The fourth-order valence-corrected chi connectivity index (χ4v) is 1.87. The Labute approximate surface area is 112 Å². The van der Waals surface area contributed by atoms with Crippen molar-refractivity contribution in [2.75, 3.05) is 7.11 Å². The van der Waals surface area contributed by atoms with Crippen molar-refractivity contribution < 1.29 is 29.2 Å². The summed E-state index contributed by atoms with van der Waals surface area (Å²) in [5, 5.41) is 22.3. The Kier molecular flexibility index (Phi) is 5.14. The summed E-state index contributed by atoms with van der Waals surface area (Å²) < 4.78 is 15.4. The van der Waals surface area contributed by atoms with Crippen LogP contribution in [0.15, 0.2) is 0 Å². The van der Waals surface area contributed by atoms with Gasteiger partial charge in [-0.05, 0) is 27.7 Å². The smallest absolute Gasteiger partial charge is 0.408 e. The molecular weight excluding hydrogens is 254 g/mol. The standard InChI is InChI=1S/C12H23NO6/c1-6-7(13-11(16)19-12(2,3)4)8(14)9(15)10(17-5)18-6/h6-10,14-15H,1-5H3,(H,13,16)/t6-,7+,8-,9-,10-/m1/s1. The number of carbonyl (C=O) groups is 1. The third-order valence-corrected chi connectivity index (χ3v) is 2.77. The lowest BCUT2D eigenvalue weighted by atomic mass is 9.97. The molecule has 1 saturated heterocycles. The number of carbonyl (C=O) groups excluding carboxylic acids is 1. The van der Waals surface area contributed by atoms with Crippen molar-refractivity contribution in [3.8, 4) is 0 Å². The van der Waals surface area contributed by atoms with Crippen molar-refractivity contribution in [3.63, 3.8) is 0 Å². The van der Waals surface area contributed by atoms with E-state index in [9.17, 15) is 15.0 Å². The normalized spacial score (nSPS) is 35.8. The quantitative estimate of drug-likeness (QED) is 0.657. The summed E-state index contributed by atoms with van der Waals surface area (Å²) in [6.45, 7) is 6.88. The second-order valence-corrected chi connectivity index (χ2v) is 5.60. The molecule has 1 aliphatic rings. The molecule has 0 unspecified atom stereocenters. The summed E-state index contributed by atoms with van der Waals surface area (Å²) in [6.07, 6.45) is -4.53. The van der Waals surface area contributed by atoms with Crippen LogP contribution in [-0.2, 0) is 14.2 Å². The molecule has 0 aromatic heterocycles. The number of amides is 1. The lowest BCUT2D eigenvalue weighted by Crippen LogP contribution is -2.63. The van der Waals surface area contributed by atoms with E-state index in [0.29, 0.717) is 0 Å². The fourth-order valence-electron chi connectivity index (χ4n) is 1.87. The Bertz CT molecular complexity index is 316. The van der Waals surface area contributed by atoms with Crippen LogP contribution >= 0.6 is 0 Å². The number of aliphatic hydroxyl groups excluding tert-OH is 2. The maximum atomic E-state index is 11.7. The number of rotatable bonds is 2. The van der Waals surface area contributed by atoms with Gasteiger partial charge in [-0.1, -0.05) is 0 Å². The molecule has 3 N–H and O–H groups in total. The molecule has 0 radical (unpaired) electrons. The SMILES string of the molecule is CO[C@@H]1O[C@H](C)[C@H](NC(=O)OC(C)(C)C)[C@@H](O)[C@H]1O. The molecule has 0 aliphatic carbocycles. The number of aliphatic hydroxyl groups is 2. The average molecular weight is 277 g/mol. The van der Waals surface area contributed by atoms with E-state index in [0.717, 1.165) is 0 Å². The van der Waals surface area contributed by atoms with Crippen molar-refractivity contribution in [2.45, 2.75) is 63.9 Å². The third kappa shape index (κ3) is 4.31. The third-order valence-electron chi connectivity index (χ3n) is 2.77. The first-order valence-electron chi connectivity index (χ1n) is 6.19. The first kappa shape index (κ1) is 16.2. The van der Waals surface area contributed by atoms with Gasteiger partial charge in [0.15, 0.2) is 6.29 Å². The second-order valence-electron chi connectivity index (χ2n) is 5.60. The summed E-state index contributed by atoms with van der Waals surface area (Å²) in [7, 11) is 1.37. The molecule has 1 aliphatic heterocycles. The number of hydrogen-bond donors (Lipinski definition) is 3. The molecule has 0 spiro atoms. The maximum Gasteiger partial charge on any atom is 0.408 e. The zero-order valence-corrected chi connectivity index (χ0v) is 11.9. The van der Waals surface area contributed by atoms with Gasteiger partial charge >= 0.3 is 6.09 Å². The summed E-state index contributed by atoms with van der Waals surface area (Å²) >= 11 is 0. The highest BCUT2D eigenvalue weighted by Gasteiger charge is 2.43. The molecule has 1 heterocycles. The zero-order valence-electron chi connectivity index (χ0n) is 11.9. The molecule has 1 amide bonds. The zero-order chi connectivity index (χ0) is 14.8. The van der Waals surface area contributed by atoms with Crippen LogP contribution in [0.25, 0.3) is 0 Å². The van der Waals surface area contributed by atoms with Crippen molar-refractivity contribution in [2.24, 2.45) is 0 Å². The fraction of sp³-hybridized carbons (Fsp3) is 0.917. The van der Waals surface area contributed by atoms with Crippen LogP contribution in [0, 0.1) is 0 Å². The first-order chi connectivity index (χ1) is 8.65. The molecule has 0 saturated carbocycles. The number of ether oxygens (including phenoxy) is 3. The van der Waals surface area contributed by atoms with E-state index in [1.807, 2.05) is 0 Å². The van der Waals surface area contributed by atoms with Gasteiger partial charge in [0.05, 0.1) is 12.1 Å². The lowest BCUT2D eigenvalue weighted by Gasteiger charge is -2.41. The average Bonchev–Trinajstić information content (AvgIpc) is 2.27. The minimum atomic E-state index is -1.24. The largest absolute Gasteiger partial charge is 0.444 e. The molecule has 0 bridgehead atoms. The minimum absolute atomic E-state index is 0.518.